The van der Waals surface area contributed by atoms with Crippen LogP contribution in [0.3, 0.4) is 0 Å². The van der Waals surface area contributed by atoms with Crippen LogP contribution in [0.5, 0.6) is 5.75 Å². The Morgan fingerprint density at radius 3 is 2.43 bits per heavy atom. The molecule has 4 rings (SSSR count). The van der Waals surface area contributed by atoms with Gasteiger partial charge in [0.25, 0.3) is 0 Å². The number of rotatable bonds is 5. The van der Waals surface area contributed by atoms with Crippen molar-refractivity contribution in [3.8, 4) is 28.7 Å². The Kier molecular flexibility index (Phi) is 6.69. The van der Waals surface area contributed by atoms with Crippen molar-refractivity contribution in [2.24, 2.45) is 0 Å². The number of likely N-dealkylation sites (tertiary alicyclic amines) is 1. The van der Waals surface area contributed by atoms with Gasteiger partial charge < -0.3 is 4.74 Å². The van der Waals surface area contributed by atoms with Crippen molar-refractivity contribution in [1.82, 2.24) is 9.88 Å². The van der Waals surface area contributed by atoms with E-state index in [0.717, 1.165) is 51.9 Å². The number of aryl methyl sites for hydroxylation is 1. The predicted molar refractivity (Wildman–Crippen MR) is 123 cm³/mol. The molecule has 0 atom stereocenters. The Morgan fingerprint density at radius 1 is 0.967 bits per heavy atom. The van der Waals surface area contributed by atoms with Gasteiger partial charge in [-0.05, 0) is 86.3 Å². The summed E-state index contributed by atoms with van der Waals surface area (Å²) in [5, 5.41) is 0.729. The number of hydrogen-bond donors (Lipinski definition) is 0. The molecule has 1 aromatic heterocycles. The highest BCUT2D eigenvalue weighted by atomic mass is 35.5. The normalized spacial score (nSPS) is 13.7. The topological polar surface area (TPSA) is 25.4 Å². The molecule has 3 nitrogen and oxygen atoms in total. The average molecular weight is 417 g/mol. The molecular weight excluding hydrogens is 392 g/mol. The molecule has 0 aliphatic carbocycles. The second kappa shape index (κ2) is 9.80. The van der Waals surface area contributed by atoms with E-state index in [1.54, 1.807) is 0 Å². The molecule has 1 aliphatic rings. The molecular formula is C26H25ClN2O. The van der Waals surface area contributed by atoms with Crippen molar-refractivity contribution in [2.75, 3.05) is 26.2 Å². The van der Waals surface area contributed by atoms with Gasteiger partial charge >= 0.3 is 0 Å². The highest BCUT2D eigenvalue weighted by Crippen LogP contribution is 2.21. The maximum Gasteiger partial charge on any atom is 0.122 e. The van der Waals surface area contributed by atoms with E-state index in [1.807, 2.05) is 54.7 Å². The fraction of sp³-hybridized carbons (Fsp3) is 0.269. The molecule has 4 heteroatoms. The number of ether oxygens (including phenoxy) is 1. The lowest BCUT2D eigenvalue weighted by atomic mass is 10.1. The van der Waals surface area contributed by atoms with Gasteiger partial charge in [0.2, 0.25) is 0 Å². The molecule has 2 aromatic carbocycles. The van der Waals surface area contributed by atoms with Crippen LogP contribution in [0.15, 0.2) is 60.8 Å². The zero-order chi connectivity index (χ0) is 20.8. The smallest absolute Gasteiger partial charge is 0.122 e. The molecule has 30 heavy (non-hydrogen) atoms. The largest absolute Gasteiger partial charge is 0.492 e. The van der Waals surface area contributed by atoms with Crippen LogP contribution in [0.25, 0.3) is 11.1 Å². The van der Waals surface area contributed by atoms with E-state index in [-0.39, 0.29) is 0 Å². The molecule has 0 amide bonds. The number of halogens is 1. The zero-order valence-corrected chi connectivity index (χ0v) is 18.0. The monoisotopic (exact) mass is 416 g/mol. The fourth-order valence-electron chi connectivity index (χ4n) is 3.60. The first-order valence-electron chi connectivity index (χ1n) is 10.4. The molecule has 3 aromatic rings. The first kappa shape index (κ1) is 20.5. The maximum atomic E-state index is 5.97. The van der Waals surface area contributed by atoms with Gasteiger partial charge in [-0.2, -0.15) is 0 Å². The second-order valence-electron chi connectivity index (χ2n) is 7.57. The van der Waals surface area contributed by atoms with Crippen LogP contribution in [0, 0.1) is 18.8 Å². The van der Waals surface area contributed by atoms with Crippen molar-refractivity contribution < 1.29 is 4.74 Å². The minimum atomic E-state index is 0.729. The van der Waals surface area contributed by atoms with Gasteiger partial charge in [-0.15, -0.1) is 0 Å². The van der Waals surface area contributed by atoms with Crippen LogP contribution in [0.4, 0.5) is 0 Å². The Morgan fingerprint density at radius 2 is 1.73 bits per heavy atom. The Hall–Kier alpha value is -2.80. The number of nitrogens with zero attached hydrogens (tertiary/aromatic N) is 2. The summed E-state index contributed by atoms with van der Waals surface area (Å²) >= 11 is 5.95. The summed E-state index contributed by atoms with van der Waals surface area (Å²) in [6.45, 7) is 6.20. The molecule has 0 N–H and O–H groups in total. The van der Waals surface area contributed by atoms with Crippen LogP contribution < -0.4 is 4.74 Å². The third kappa shape index (κ3) is 5.42. The van der Waals surface area contributed by atoms with Crippen molar-refractivity contribution in [3.63, 3.8) is 0 Å². The van der Waals surface area contributed by atoms with Crippen LogP contribution in [0.2, 0.25) is 5.02 Å². The first-order chi connectivity index (χ1) is 14.7. The summed E-state index contributed by atoms with van der Waals surface area (Å²) in [5.74, 6) is 7.28. The lowest BCUT2D eigenvalue weighted by molar-refractivity contribution is 0.237. The van der Waals surface area contributed by atoms with Gasteiger partial charge in [-0.1, -0.05) is 35.7 Å². The van der Waals surface area contributed by atoms with Crippen molar-refractivity contribution >= 4 is 11.6 Å². The van der Waals surface area contributed by atoms with Gasteiger partial charge in [0.15, 0.2) is 0 Å². The standard InChI is InChI=1S/C26H25ClN2O/c1-20-18-21(5-13-26(20)30-17-16-29-14-2-3-15-29)4-11-25-12-8-23(19-28-25)22-6-9-24(27)10-7-22/h5-10,12-13,18-19H,2-3,14-17H2,1H3. The molecule has 0 saturated carbocycles. The maximum absolute atomic E-state index is 5.97. The number of hydrogen-bond acceptors (Lipinski definition) is 3. The Balaban J connectivity index is 1.37. The van der Waals surface area contributed by atoms with Crippen molar-refractivity contribution in [1.29, 1.82) is 0 Å². The number of pyridine rings is 1. The van der Waals surface area contributed by atoms with E-state index < -0.39 is 0 Å². The number of aromatic nitrogens is 1. The highest BCUT2D eigenvalue weighted by molar-refractivity contribution is 6.30. The van der Waals surface area contributed by atoms with Crippen LogP contribution >= 0.6 is 11.6 Å². The average Bonchev–Trinajstić information content (AvgIpc) is 3.28. The molecule has 0 bridgehead atoms. The second-order valence-corrected chi connectivity index (χ2v) is 8.00. The van der Waals surface area contributed by atoms with Gasteiger partial charge in [0, 0.05) is 28.9 Å². The number of benzene rings is 2. The predicted octanol–water partition coefficient (Wildman–Crippen LogP) is 5.58. The third-order valence-electron chi connectivity index (χ3n) is 5.31. The van der Waals surface area contributed by atoms with Gasteiger partial charge in [-0.3, -0.25) is 4.90 Å². The van der Waals surface area contributed by atoms with Gasteiger partial charge in [0.1, 0.15) is 18.1 Å². The van der Waals surface area contributed by atoms with E-state index in [9.17, 15) is 0 Å². The molecule has 0 unspecified atom stereocenters. The Labute approximate surface area is 183 Å². The molecule has 2 heterocycles. The third-order valence-corrected chi connectivity index (χ3v) is 5.57. The zero-order valence-electron chi connectivity index (χ0n) is 17.2. The van der Waals surface area contributed by atoms with E-state index >= 15 is 0 Å². The minimum absolute atomic E-state index is 0.729. The summed E-state index contributed by atoms with van der Waals surface area (Å²) in [5.41, 5.74) is 4.94. The van der Waals surface area contributed by atoms with Crippen molar-refractivity contribution in [3.05, 3.63) is 82.6 Å². The van der Waals surface area contributed by atoms with E-state index in [1.165, 1.54) is 25.9 Å². The summed E-state index contributed by atoms with van der Waals surface area (Å²) in [4.78, 5) is 6.93. The van der Waals surface area contributed by atoms with Crippen molar-refractivity contribution in [2.45, 2.75) is 19.8 Å². The summed E-state index contributed by atoms with van der Waals surface area (Å²) < 4.78 is 5.97. The minimum Gasteiger partial charge on any atom is -0.492 e. The van der Waals surface area contributed by atoms with Gasteiger partial charge in [0.05, 0.1) is 0 Å². The van der Waals surface area contributed by atoms with E-state index in [2.05, 4.69) is 34.7 Å². The van der Waals surface area contributed by atoms with Gasteiger partial charge in [-0.25, -0.2) is 4.98 Å². The Bertz CT molecular complexity index is 1040. The summed E-state index contributed by atoms with van der Waals surface area (Å²) in [6, 6.07) is 17.8. The fourth-order valence-corrected chi connectivity index (χ4v) is 3.72. The lowest BCUT2D eigenvalue weighted by Gasteiger charge is -2.15. The van der Waals surface area contributed by atoms with E-state index in [4.69, 9.17) is 16.3 Å². The van der Waals surface area contributed by atoms with Crippen LogP contribution in [-0.4, -0.2) is 36.1 Å². The SMILES string of the molecule is Cc1cc(C#Cc2ccc(-c3ccc(Cl)cc3)cn2)ccc1OCCN1CCCC1. The molecule has 1 aliphatic heterocycles. The van der Waals surface area contributed by atoms with Crippen LogP contribution in [-0.2, 0) is 0 Å². The quantitative estimate of drug-likeness (QED) is 0.507. The molecule has 1 saturated heterocycles. The summed E-state index contributed by atoms with van der Waals surface area (Å²) in [7, 11) is 0. The lowest BCUT2D eigenvalue weighted by Crippen LogP contribution is -2.25. The summed E-state index contributed by atoms with van der Waals surface area (Å²) in [6.07, 6.45) is 4.46. The van der Waals surface area contributed by atoms with Crippen LogP contribution in [0.1, 0.15) is 29.7 Å². The van der Waals surface area contributed by atoms with E-state index in [0.29, 0.717) is 0 Å². The first-order valence-corrected chi connectivity index (χ1v) is 10.7. The molecule has 0 radical (unpaired) electrons. The molecule has 0 spiro atoms. The molecule has 152 valence electrons. The molecule has 1 fully saturated rings. The highest BCUT2D eigenvalue weighted by Gasteiger charge is 2.11.